The van der Waals surface area contributed by atoms with Crippen LogP contribution in [0.2, 0.25) is 0 Å². The van der Waals surface area contributed by atoms with E-state index in [-0.39, 0.29) is 0 Å². The van der Waals surface area contributed by atoms with Gasteiger partial charge < -0.3 is 30.9 Å². The summed E-state index contributed by atoms with van der Waals surface area (Å²) in [6.07, 6.45) is -5.99. The van der Waals surface area contributed by atoms with Crippen LogP contribution in [0.15, 0.2) is 0 Å². The number of hydrogen-bond acceptors (Lipinski definition) is 6. The van der Waals surface area contributed by atoms with Gasteiger partial charge in [0.05, 0.1) is 6.61 Å². The Morgan fingerprint density at radius 1 is 1.08 bits per heavy atom. The fourth-order valence-electron chi connectivity index (χ4n) is 1.13. The molecule has 0 aromatic rings. The third-order valence-corrected chi connectivity index (χ3v) is 1.93. The maximum atomic E-state index is 9.18. The molecule has 72 valence electrons. The van der Waals surface area contributed by atoms with Gasteiger partial charge >= 0.3 is 0 Å². The summed E-state index contributed by atoms with van der Waals surface area (Å²) >= 11 is 0. The topological polar surface area (TPSA) is 116 Å². The van der Waals surface area contributed by atoms with Crippen LogP contribution in [0.25, 0.3) is 0 Å². The van der Waals surface area contributed by atoms with Crippen LogP contribution >= 0.6 is 0 Å². The molecule has 0 aromatic carbocycles. The van der Waals surface area contributed by atoms with Gasteiger partial charge in [-0.3, -0.25) is 0 Å². The lowest BCUT2D eigenvalue weighted by atomic mass is 9.99. The van der Waals surface area contributed by atoms with Crippen LogP contribution in [0.5, 0.6) is 0 Å². The van der Waals surface area contributed by atoms with Gasteiger partial charge in [-0.1, -0.05) is 0 Å². The van der Waals surface area contributed by atoms with Crippen molar-refractivity contribution in [2.24, 2.45) is 5.73 Å². The predicted molar refractivity (Wildman–Crippen MR) is 38.0 cm³/mol. The molecule has 1 rings (SSSR count). The molecule has 1 aliphatic rings. The summed E-state index contributed by atoms with van der Waals surface area (Å²) in [6, 6.07) is 0. The van der Waals surface area contributed by atoms with Crippen LogP contribution < -0.4 is 5.73 Å². The second-order valence-corrected chi connectivity index (χ2v) is 2.79. The van der Waals surface area contributed by atoms with Crippen molar-refractivity contribution < 1.29 is 25.2 Å². The number of ether oxygens (including phenoxy) is 1. The highest BCUT2D eigenvalue weighted by molar-refractivity contribution is 4.89. The normalized spacial score (nSPS) is 49.2. The van der Waals surface area contributed by atoms with E-state index in [1.807, 2.05) is 0 Å². The summed E-state index contributed by atoms with van der Waals surface area (Å²) < 4.78 is 4.80. The lowest BCUT2D eigenvalue weighted by Gasteiger charge is -2.38. The van der Waals surface area contributed by atoms with E-state index in [1.54, 1.807) is 0 Å². The van der Waals surface area contributed by atoms with Gasteiger partial charge in [0.15, 0.2) is 0 Å². The summed E-state index contributed by atoms with van der Waals surface area (Å²) in [5, 5.41) is 36.1. The number of aliphatic hydroxyl groups excluding tert-OH is 4. The molecule has 1 saturated heterocycles. The average molecular weight is 179 g/mol. The zero-order chi connectivity index (χ0) is 9.30. The Bertz CT molecular complexity index is 150. The number of hydrogen-bond donors (Lipinski definition) is 5. The molecule has 6 nitrogen and oxygen atoms in total. The zero-order valence-corrected chi connectivity index (χ0v) is 6.37. The fourth-order valence-corrected chi connectivity index (χ4v) is 1.13. The van der Waals surface area contributed by atoms with Crippen LogP contribution in [0.4, 0.5) is 0 Å². The molecule has 1 heterocycles. The second-order valence-electron chi connectivity index (χ2n) is 2.79. The second kappa shape index (κ2) is 3.65. The maximum absolute atomic E-state index is 9.18. The monoisotopic (exact) mass is 179 g/mol. The summed E-state index contributed by atoms with van der Waals surface area (Å²) in [5.41, 5.74) is 5.24. The van der Waals surface area contributed by atoms with Gasteiger partial charge in [0, 0.05) is 0 Å². The van der Waals surface area contributed by atoms with Crippen LogP contribution in [0.3, 0.4) is 0 Å². The van der Waals surface area contributed by atoms with Gasteiger partial charge in [-0.05, 0) is 0 Å². The predicted octanol–water partition coefficient (Wildman–Crippen LogP) is -3.25. The van der Waals surface area contributed by atoms with Crippen LogP contribution in [-0.2, 0) is 4.74 Å². The molecule has 0 radical (unpaired) electrons. The van der Waals surface area contributed by atoms with E-state index in [1.165, 1.54) is 0 Å². The molecule has 6 heteroatoms. The molecule has 1 fully saturated rings. The Morgan fingerprint density at radius 2 is 1.67 bits per heavy atom. The van der Waals surface area contributed by atoms with Gasteiger partial charge in [-0.15, -0.1) is 0 Å². The van der Waals surface area contributed by atoms with E-state index in [2.05, 4.69) is 0 Å². The highest BCUT2D eigenvalue weighted by Crippen LogP contribution is 2.17. The van der Waals surface area contributed by atoms with Crippen molar-refractivity contribution in [3.8, 4) is 0 Å². The molecule has 1 aliphatic heterocycles. The molecule has 0 bridgehead atoms. The van der Waals surface area contributed by atoms with E-state index in [0.717, 1.165) is 0 Å². The summed E-state index contributed by atoms with van der Waals surface area (Å²) in [5.74, 6) is 0. The Morgan fingerprint density at radius 3 is 2.17 bits per heavy atom. The van der Waals surface area contributed by atoms with Crippen molar-refractivity contribution in [3.63, 3.8) is 0 Å². The lowest BCUT2D eigenvalue weighted by Crippen LogP contribution is -2.61. The van der Waals surface area contributed by atoms with Gasteiger partial charge in [-0.2, -0.15) is 0 Å². The molecule has 0 spiro atoms. The van der Waals surface area contributed by atoms with Crippen LogP contribution in [0, 0.1) is 0 Å². The van der Waals surface area contributed by atoms with Crippen LogP contribution in [0.1, 0.15) is 0 Å². The van der Waals surface area contributed by atoms with Crippen molar-refractivity contribution in [2.75, 3.05) is 6.61 Å². The van der Waals surface area contributed by atoms with Gasteiger partial charge in [-0.25, -0.2) is 0 Å². The third kappa shape index (κ3) is 1.58. The molecule has 0 unspecified atom stereocenters. The van der Waals surface area contributed by atoms with Gasteiger partial charge in [0.25, 0.3) is 0 Å². The Hall–Kier alpha value is -0.240. The third-order valence-electron chi connectivity index (χ3n) is 1.93. The summed E-state index contributed by atoms with van der Waals surface area (Å²) in [6.45, 7) is -0.446. The fraction of sp³-hybridized carbons (Fsp3) is 1.00. The molecule has 0 amide bonds. The highest BCUT2D eigenvalue weighted by Gasteiger charge is 2.41. The molecule has 12 heavy (non-hydrogen) atoms. The van der Waals surface area contributed by atoms with Crippen molar-refractivity contribution >= 4 is 0 Å². The maximum Gasteiger partial charge on any atom is 0.135 e. The Balaban J connectivity index is 2.63. The van der Waals surface area contributed by atoms with Crippen LogP contribution in [-0.4, -0.2) is 57.7 Å². The lowest BCUT2D eigenvalue weighted by molar-refractivity contribution is -0.227. The van der Waals surface area contributed by atoms with Gasteiger partial charge in [0.2, 0.25) is 0 Å². The molecule has 0 saturated carbocycles. The zero-order valence-electron chi connectivity index (χ0n) is 6.37. The largest absolute Gasteiger partial charge is 0.394 e. The van der Waals surface area contributed by atoms with E-state index < -0.39 is 37.3 Å². The molecule has 0 aliphatic carbocycles. The summed E-state index contributed by atoms with van der Waals surface area (Å²) in [7, 11) is 0. The number of aliphatic hydroxyl groups is 4. The quantitative estimate of drug-likeness (QED) is 0.288. The first-order valence-electron chi connectivity index (χ1n) is 3.64. The minimum atomic E-state index is -1.37. The van der Waals surface area contributed by atoms with Crippen molar-refractivity contribution in [3.05, 3.63) is 0 Å². The number of nitrogens with two attached hydrogens (primary N) is 1. The van der Waals surface area contributed by atoms with Crippen molar-refractivity contribution in [1.82, 2.24) is 0 Å². The first kappa shape index (κ1) is 9.85. The molecular formula is C6H13NO5. The van der Waals surface area contributed by atoms with Crippen molar-refractivity contribution in [2.45, 2.75) is 30.6 Å². The molecular weight excluding hydrogens is 166 g/mol. The minimum Gasteiger partial charge on any atom is -0.394 e. The van der Waals surface area contributed by atoms with E-state index >= 15 is 0 Å². The average Bonchev–Trinajstić information content (AvgIpc) is 2.08. The van der Waals surface area contributed by atoms with Gasteiger partial charge in [0.1, 0.15) is 30.6 Å². The summed E-state index contributed by atoms with van der Waals surface area (Å²) in [4.78, 5) is 0. The molecule has 0 aromatic heterocycles. The first-order valence-corrected chi connectivity index (χ1v) is 3.64. The first-order chi connectivity index (χ1) is 5.57. The molecule has 6 N–H and O–H groups in total. The van der Waals surface area contributed by atoms with E-state index in [0.29, 0.717) is 0 Å². The molecule has 5 atom stereocenters. The number of rotatable bonds is 1. The Labute approximate surface area is 69.2 Å². The van der Waals surface area contributed by atoms with Crippen molar-refractivity contribution in [1.29, 1.82) is 0 Å². The standard InChI is InChI=1S/C6H13NO5/c7-6-5(11)4(10)3(9)2(1-8)12-6/h2-6,8-11H,1,7H2/t2-,3-,4-,5-,6-/m1/s1. The minimum absolute atomic E-state index is 0.446. The Kier molecular flexibility index (Phi) is 2.99. The highest BCUT2D eigenvalue weighted by atomic mass is 16.6. The SMILES string of the molecule is N[C@@H]1O[C@H](CO)[C@@H](O)[C@@H](O)[C@H]1O. The van der Waals surface area contributed by atoms with E-state index in [4.69, 9.17) is 25.8 Å². The smallest absolute Gasteiger partial charge is 0.135 e. The van der Waals surface area contributed by atoms with E-state index in [9.17, 15) is 5.11 Å².